The zero-order chi connectivity index (χ0) is 17.6. The van der Waals surface area contributed by atoms with Gasteiger partial charge in [0.15, 0.2) is 0 Å². The summed E-state index contributed by atoms with van der Waals surface area (Å²) < 4.78 is 10.7. The van der Waals surface area contributed by atoms with Gasteiger partial charge in [0.1, 0.15) is 5.75 Å². The lowest BCUT2D eigenvalue weighted by Crippen LogP contribution is -2.50. The number of rotatable bonds is 4. The molecule has 1 aromatic rings. The smallest absolute Gasteiger partial charge is 0.321 e. The monoisotopic (exact) mass is 347 g/mol. The number of hydrogen-bond acceptors (Lipinski definition) is 4. The zero-order valence-corrected chi connectivity index (χ0v) is 15.2. The molecule has 6 nitrogen and oxygen atoms in total. The Morgan fingerprint density at radius 2 is 1.80 bits per heavy atom. The van der Waals surface area contributed by atoms with Gasteiger partial charge in [-0.15, -0.1) is 0 Å². The lowest BCUT2D eigenvalue weighted by molar-refractivity contribution is 0.0173. The zero-order valence-electron chi connectivity index (χ0n) is 15.2. The third-order valence-electron chi connectivity index (χ3n) is 5.40. The molecule has 0 saturated carbocycles. The summed E-state index contributed by atoms with van der Waals surface area (Å²) in [5.74, 6) is 0.746. The van der Waals surface area contributed by atoms with Gasteiger partial charge in [-0.25, -0.2) is 4.79 Å². The maximum absolute atomic E-state index is 12.5. The Balaban J connectivity index is 1.46. The van der Waals surface area contributed by atoms with Crippen molar-refractivity contribution in [1.29, 1.82) is 0 Å². The van der Waals surface area contributed by atoms with E-state index in [9.17, 15) is 4.79 Å². The Bertz CT molecular complexity index is 565. The van der Waals surface area contributed by atoms with Gasteiger partial charge in [0, 0.05) is 51.1 Å². The van der Waals surface area contributed by atoms with Crippen molar-refractivity contribution < 1.29 is 14.3 Å². The highest BCUT2D eigenvalue weighted by Crippen LogP contribution is 2.23. The first kappa shape index (κ1) is 18.0. The van der Waals surface area contributed by atoms with Crippen LogP contribution < -0.4 is 10.1 Å². The molecule has 0 aromatic heterocycles. The third-order valence-corrected chi connectivity index (χ3v) is 5.40. The fourth-order valence-corrected chi connectivity index (χ4v) is 3.81. The van der Waals surface area contributed by atoms with Crippen molar-refractivity contribution in [2.45, 2.75) is 37.8 Å². The van der Waals surface area contributed by atoms with Gasteiger partial charge in [-0.3, -0.25) is 0 Å². The number of likely N-dealkylation sites (tertiary alicyclic amines) is 2. The quantitative estimate of drug-likeness (QED) is 0.910. The number of hydrogen-bond donors (Lipinski definition) is 1. The minimum Gasteiger partial charge on any atom is -0.497 e. The maximum atomic E-state index is 12.5. The summed E-state index contributed by atoms with van der Waals surface area (Å²) in [7, 11) is 3.43. The summed E-state index contributed by atoms with van der Waals surface area (Å²) in [6.07, 6.45) is 4.75. The topological polar surface area (TPSA) is 54.0 Å². The van der Waals surface area contributed by atoms with E-state index in [0.29, 0.717) is 12.1 Å². The van der Waals surface area contributed by atoms with Crippen molar-refractivity contribution in [3.8, 4) is 5.75 Å². The summed E-state index contributed by atoms with van der Waals surface area (Å²) in [5, 5.41) is 2.97. The van der Waals surface area contributed by atoms with Crippen molar-refractivity contribution in [1.82, 2.24) is 9.80 Å². The minimum atomic E-state index is -0.0233. The van der Waals surface area contributed by atoms with Gasteiger partial charge >= 0.3 is 6.03 Å². The normalized spacial score (nSPS) is 20.5. The molecule has 0 spiro atoms. The van der Waals surface area contributed by atoms with Crippen LogP contribution >= 0.6 is 0 Å². The van der Waals surface area contributed by atoms with Crippen molar-refractivity contribution in [3.05, 3.63) is 24.3 Å². The number of nitrogens with one attached hydrogen (secondary N) is 1. The molecule has 0 atom stereocenters. The summed E-state index contributed by atoms with van der Waals surface area (Å²) in [6.45, 7) is 3.84. The van der Waals surface area contributed by atoms with E-state index in [1.807, 2.05) is 29.2 Å². The number of methoxy groups -OCH3 is 2. The second-order valence-corrected chi connectivity index (χ2v) is 6.85. The van der Waals surface area contributed by atoms with Crippen LogP contribution in [0.15, 0.2) is 24.3 Å². The molecule has 2 saturated heterocycles. The van der Waals surface area contributed by atoms with Crippen LogP contribution in [0.4, 0.5) is 10.5 Å². The van der Waals surface area contributed by atoms with Gasteiger partial charge in [-0.2, -0.15) is 0 Å². The maximum Gasteiger partial charge on any atom is 0.321 e. The van der Waals surface area contributed by atoms with Gasteiger partial charge < -0.3 is 24.6 Å². The Labute approximate surface area is 150 Å². The van der Waals surface area contributed by atoms with Crippen LogP contribution in [0, 0.1) is 0 Å². The summed E-state index contributed by atoms with van der Waals surface area (Å²) in [6, 6.07) is 8.04. The summed E-state index contributed by atoms with van der Waals surface area (Å²) in [4.78, 5) is 17.0. The fraction of sp³-hybridized carbons (Fsp3) is 0.632. The molecule has 3 rings (SSSR count). The Morgan fingerprint density at radius 3 is 2.44 bits per heavy atom. The Kier molecular flexibility index (Phi) is 6.15. The molecule has 0 unspecified atom stereocenters. The van der Waals surface area contributed by atoms with Gasteiger partial charge in [0.05, 0.1) is 13.2 Å². The number of piperidine rings is 2. The molecule has 2 heterocycles. The molecule has 25 heavy (non-hydrogen) atoms. The molecule has 0 radical (unpaired) electrons. The SMILES string of the molecule is COc1cccc(NC(=O)N2CCC(N3CCC(OC)CC3)CC2)c1. The van der Waals surface area contributed by atoms with Gasteiger partial charge in [-0.05, 0) is 37.8 Å². The molecule has 0 aliphatic carbocycles. The first-order chi connectivity index (χ1) is 12.2. The van der Waals surface area contributed by atoms with Gasteiger partial charge in [-0.1, -0.05) is 6.07 Å². The van der Waals surface area contributed by atoms with Crippen LogP contribution in [0.25, 0.3) is 0 Å². The van der Waals surface area contributed by atoms with Crippen molar-refractivity contribution in [2.75, 3.05) is 45.7 Å². The van der Waals surface area contributed by atoms with Gasteiger partial charge in [0.25, 0.3) is 0 Å². The highest BCUT2D eigenvalue weighted by molar-refractivity contribution is 5.89. The highest BCUT2D eigenvalue weighted by atomic mass is 16.5. The van der Waals surface area contributed by atoms with Gasteiger partial charge in [0.2, 0.25) is 0 Å². The minimum absolute atomic E-state index is 0.0233. The molecule has 138 valence electrons. The molecule has 2 fully saturated rings. The van der Waals surface area contributed by atoms with E-state index in [4.69, 9.17) is 9.47 Å². The Hall–Kier alpha value is -1.79. The molecule has 0 bridgehead atoms. The van der Waals surface area contributed by atoms with E-state index in [-0.39, 0.29) is 6.03 Å². The molecule has 6 heteroatoms. The predicted octanol–water partition coefficient (Wildman–Crippen LogP) is 2.80. The third kappa shape index (κ3) is 4.64. The largest absolute Gasteiger partial charge is 0.497 e. The lowest BCUT2D eigenvalue weighted by atomic mass is 9.99. The number of benzene rings is 1. The molecule has 1 N–H and O–H groups in total. The van der Waals surface area contributed by atoms with Crippen LogP contribution in [0.2, 0.25) is 0 Å². The van der Waals surface area contributed by atoms with Crippen LogP contribution in [0.5, 0.6) is 5.75 Å². The predicted molar refractivity (Wildman–Crippen MR) is 98.2 cm³/mol. The summed E-state index contributed by atoms with van der Waals surface area (Å²) >= 11 is 0. The Morgan fingerprint density at radius 1 is 1.08 bits per heavy atom. The fourth-order valence-electron chi connectivity index (χ4n) is 3.81. The average molecular weight is 347 g/mol. The van der Waals surface area contributed by atoms with Crippen molar-refractivity contribution in [3.63, 3.8) is 0 Å². The molecule has 2 aliphatic rings. The van der Waals surface area contributed by atoms with Crippen LogP contribution in [-0.4, -0.2) is 68.4 Å². The van der Waals surface area contributed by atoms with Crippen LogP contribution in [0.3, 0.4) is 0 Å². The first-order valence-electron chi connectivity index (χ1n) is 9.16. The molecule has 2 amide bonds. The molecular weight excluding hydrogens is 318 g/mol. The van der Waals surface area contributed by atoms with E-state index in [1.165, 1.54) is 0 Å². The standard InChI is InChI=1S/C19H29N3O3/c1-24-17-8-12-21(13-9-17)16-6-10-22(11-7-16)19(23)20-15-4-3-5-18(14-15)25-2/h3-5,14,16-17H,6-13H2,1-2H3,(H,20,23). The van der Waals surface area contributed by atoms with E-state index >= 15 is 0 Å². The molecule has 1 aromatic carbocycles. The van der Waals surface area contributed by atoms with Crippen molar-refractivity contribution >= 4 is 11.7 Å². The van der Waals surface area contributed by atoms with E-state index < -0.39 is 0 Å². The number of amides is 2. The van der Waals surface area contributed by atoms with Crippen LogP contribution in [0.1, 0.15) is 25.7 Å². The average Bonchev–Trinajstić information content (AvgIpc) is 2.68. The first-order valence-corrected chi connectivity index (χ1v) is 9.16. The lowest BCUT2D eigenvalue weighted by Gasteiger charge is -2.41. The number of carbonyl (C=O) groups excluding carboxylic acids is 1. The van der Waals surface area contributed by atoms with E-state index in [1.54, 1.807) is 14.2 Å². The number of anilines is 1. The molecule has 2 aliphatic heterocycles. The number of carbonyl (C=O) groups is 1. The van der Waals surface area contributed by atoms with Crippen LogP contribution in [-0.2, 0) is 4.74 Å². The summed E-state index contributed by atoms with van der Waals surface area (Å²) in [5.41, 5.74) is 0.771. The van der Waals surface area contributed by atoms with E-state index in [0.717, 1.165) is 63.3 Å². The number of urea groups is 1. The second kappa shape index (κ2) is 8.54. The number of nitrogens with zero attached hydrogens (tertiary/aromatic N) is 2. The second-order valence-electron chi connectivity index (χ2n) is 6.85. The number of ether oxygens (including phenoxy) is 2. The van der Waals surface area contributed by atoms with Crippen molar-refractivity contribution in [2.24, 2.45) is 0 Å². The van der Waals surface area contributed by atoms with E-state index in [2.05, 4.69) is 10.2 Å². The molecular formula is C19H29N3O3. The highest BCUT2D eigenvalue weighted by Gasteiger charge is 2.29.